The van der Waals surface area contributed by atoms with Gasteiger partial charge in [-0.3, -0.25) is 4.99 Å². The SMILES string of the molecule is CN=C(NCCC1=CCOCC1)N1CCC(C)C(n2ccnc2)C1. The van der Waals surface area contributed by atoms with E-state index < -0.39 is 0 Å². The molecule has 24 heavy (non-hydrogen) atoms. The summed E-state index contributed by atoms with van der Waals surface area (Å²) >= 11 is 0. The van der Waals surface area contributed by atoms with E-state index in [0.29, 0.717) is 12.0 Å². The van der Waals surface area contributed by atoms with Crippen LogP contribution in [0.25, 0.3) is 0 Å². The van der Waals surface area contributed by atoms with Gasteiger partial charge in [-0.15, -0.1) is 0 Å². The molecule has 1 aromatic rings. The van der Waals surface area contributed by atoms with Crippen LogP contribution < -0.4 is 5.32 Å². The molecule has 6 nitrogen and oxygen atoms in total. The molecule has 3 rings (SSSR count). The van der Waals surface area contributed by atoms with Crippen LogP contribution in [0.15, 0.2) is 35.4 Å². The van der Waals surface area contributed by atoms with Crippen molar-refractivity contribution >= 4 is 5.96 Å². The predicted octanol–water partition coefficient (Wildman–Crippen LogP) is 2.08. The van der Waals surface area contributed by atoms with E-state index in [4.69, 9.17) is 4.74 Å². The molecule has 1 saturated heterocycles. The van der Waals surface area contributed by atoms with Gasteiger partial charge in [0.25, 0.3) is 0 Å². The van der Waals surface area contributed by atoms with Crippen molar-refractivity contribution in [2.75, 3.05) is 39.9 Å². The minimum atomic E-state index is 0.456. The second-order valence-electron chi connectivity index (χ2n) is 6.70. The molecule has 1 N–H and O–H groups in total. The number of imidazole rings is 1. The molecule has 0 amide bonds. The zero-order valence-electron chi connectivity index (χ0n) is 14.8. The molecule has 0 aromatic carbocycles. The number of hydrogen-bond donors (Lipinski definition) is 1. The lowest BCUT2D eigenvalue weighted by molar-refractivity contribution is 0.153. The second-order valence-corrected chi connectivity index (χ2v) is 6.70. The average Bonchev–Trinajstić information content (AvgIpc) is 3.15. The highest BCUT2D eigenvalue weighted by atomic mass is 16.5. The van der Waals surface area contributed by atoms with Gasteiger partial charge in [0.1, 0.15) is 0 Å². The zero-order chi connectivity index (χ0) is 16.8. The van der Waals surface area contributed by atoms with E-state index in [1.165, 1.54) is 12.0 Å². The molecular formula is C18H29N5O. The minimum Gasteiger partial charge on any atom is -0.377 e. The van der Waals surface area contributed by atoms with Gasteiger partial charge < -0.3 is 19.5 Å². The van der Waals surface area contributed by atoms with Crippen LogP contribution in [0.5, 0.6) is 0 Å². The van der Waals surface area contributed by atoms with Crippen molar-refractivity contribution in [1.82, 2.24) is 19.8 Å². The fraction of sp³-hybridized carbons (Fsp3) is 0.667. The van der Waals surface area contributed by atoms with Crippen LogP contribution in [-0.4, -0.2) is 60.3 Å². The van der Waals surface area contributed by atoms with Crippen LogP contribution in [0.2, 0.25) is 0 Å². The van der Waals surface area contributed by atoms with Crippen molar-refractivity contribution in [3.8, 4) is 0 Å². The van der Waals surface area contributed by atoms with Gasteiger partial charge in [-0.2, -0.15) is 0 Å². The van der Waals surface area contributed by atoms with Crippen molar-refractivity contribution in [3.05, 3.63) is 30.4 Å². The van der Waals surface area contributed by atoms with Crippen LogP contribution in [0, 0.1) is 5.92 Å². The third kappa shape index (κ3) is 4.17. The molecule has 6 heteroatoms. The maximum Gasteiger partial charge on any atom is 0.193 e. The number of ether oxygens (including phenoxy) is 1. The first kappa shape index (κ1) is 17.0. The first-order valence-corrected chi connectivity index (χ1v) is 8.96. The summed E-state index contributed by atoms with van der Waals surface area (Å²) in [6, 6.07) is 0.456. The van der Waals surface area contributed by atoms with Crippen molar-refractivity contribution in [2.24, 2.45) is 10.9 Å². The molecule has 2 unspecified atom stereocenters. The Morgan fingerprint density at radius 2 is 2.42 bits per heavy atom. The molecular weight excluding hydrogens is 302 g/mol. The van der Waals surface area contributed by atoms with Gasteiger partial charge in [0.05, 0.1) is 25.6 Å². The lowest BCUT2D eigenvalue weighted by Gasteiger charge is -2.39. The van der Waals surface area contributed by atoms with Crippen molar-refractivity contribution in [3.63, 3.8) is 0 Å². The Hall–Kier alpha value is -1.82. The lowest BCUT2D eigenvalue weighted by atomic mass is 9.93. The quantitative estimate of drug-likeness (QED) is 0.521. The largest absolute Gasteiger partial charge is 0.377 e. The summed E-state index contributed by atoms with van der Waals surface area (Å²) < 4.78 is 7.60. The number of aromatic nitrogens is 2. The summed E-state index contributed by atoms with van der Waals surface area (Å²) in [5.41, 5.74) is 1.49. The Labute approximate surface area is 144 Å². The highest BCUT2D eigenvalue weighted by Crippen LogP contribution is 2.27. The number of nitrogens with one attached hydrogen (secondary N) is 1. The van der Waals surface area contributed by atoms with Crippen molar-refractivity contribution in [2.45, 2.75) is 32.2 Å². The summed E-state index contributed by atoms with van der Waals surface area (Å²) in [4.78, 5) is 11.1. The molecule has 0 bridgehead atoms. The molecule has 2 aliphatic rings. The number of nitrogens with zero attached hydrogens (tertiary/aromatic N) is 4. The summed E-state index contributed by atoms with van der Waals surface area (Å²) in [5, 5.41) is 3.54. The van der Waals surface area contributed by atoms with Gasteiger partial charge in [0, 0.05) is 39.1 Å². The monoisotopic (exact) mass is 331 g/mol. The van der Waals surface area contributed by atoms with Crippen molar-refractivity contribution < 1.29 is 4.74 Å². The van der Waals surface area contributed by atoms with Gasteiger partial charge in [-0.1, -0.05) is 18.6 Å². The topological polar surface area (TPSA) is 54.7 Å². The highest BCUT2D eigenvalue weighted by Gasteiger charge is 2.28. The fourth-order valence-electron chi connectivity index (χ4n) is 3.55. The molecule has 3 heterocycles. The number of hydrogen-bond acceptors (Lipinski definition) is 3. The molecule has 0 saturated carbocycles. The maximum absolute atomic E-state index is 5.36. The van der Waals surface area contributed by atoms with Crippen LogP contribution >= 0.6 is 0 Å². The Morgan fingerprint density at radius 3 is 3.12 bits per heavy atom. The standard InChI is InChI=1S/C18H29N5O/c1-15-4-9-22(13-17(15)23-10-8-20-14-23)18(19-2)21-7-3-16-5-11-24-12-6-16/h5,8,10,14-15,17H,3-4,6-7,9,11-13H2,1-2H3,(H,19,21). The molecule has 132 valence electrons. The maximum atomic E-state index is 5.36. The van der Waals surface area contributed by atoms with E-state index in [1.54, 1.807) is 0 Å². The van der Waals surface area contributed by atoms with E-state index in [-0.39, 0.29) is 0 Å². The third-order valence-electron chi connectivity index (χ3n) is 5.12. The number of piperidine rings is 1. The normalized spacial score (nSPS) is 25.5. The van der Waals surface area contributed by atoms with Gasteiger partial charge in [0.15, 0.2) is 5.96 Å². The Balaban J connectivity index is 1.54. The minimum absolute atomic E-state index is 0.456. The average molecular weight is 331 g/mol. The van der Waals surface area contributed by atoms with Gasteiger partial charge in [-0.05, 0) is 25.2 Å². The van der Waals surface area contributed by atoms with E-state index in [0.717, 1.165) is 51.6 Å². The molecule has 2 atom stereocenters. The van der Waals surface area contributed by atoms with E-state index in [1.807, 2.05) is 19.6 Å². The predicted molar refractivity (Wildman–Crippen MR) is 96.1 cm³/mol. The number of likely N-dealkylation sites (tertiary alicyclic amines) is 1. The summed E-state index contributed by atoms with van der Waals surface area (Å²) in [7, 11) is 1.88. The van der Waals surface area contributed by atoms with Gasteiger partial charge in [-0.25, -0.2) is 4.98 Å². The Kier molecular flexibility index (Phi) is 5.91. The Bertz CT molecular complexity index is 566. The number of guanidine groups is 1. The van der Waals surface area contributed by atoms with Crippen molar-refractivity contribution in [1.29, 1.82) is 0 Å². The third-order valence-corrected chi connectivity index (χ3v) is 5.12. The smallest absolute Gasteiger partial charge is 0.193 e. The fourth-order valence-corrected chi connectivity index (χ4v) is 3.55. The zero-order valence-corrected chi connectivity index (χ0v) is 14.8. The molecule has 0 spiro atoms. The summed E-state index contributed by atoms with van der Waals surface area (Å²) in [5.74, 6) is 1.67. The Morgan fingerprint density at radius 1 is 1.50 bits per heavy atom. The van der Waals surface area contributed by atoms with Crippen LogP contribution in [0.4, 0.5) is 0 Å². The number of rotatable bonds is 4. The van der Waals surface area contributed by atoms with Gasteiger partial charge >= 0.3 is 0 Å². The molecule has 0 radical (unpaired) electrons. The molecule has 1 aromatic heterocycles. The van der Waals surface area contributed by atoms with E-state index >= 15 is 0 Å². The van der Waals surface area contributed by atoms with E-state index in [9.17, 15) is 0 Å². The summed E-state index contributed by atoms with van der Waals surface area (Å²) in [6.07, 6.45) is 11.4. The second kappa shape index (κ2) is 8.33. The van der Waals surface area contributed by atoms with Crippen LogP contribution in [0.1, 0.15) is 32.2 Å². The summed E-state index contributed by atoms with van der Waals surface area (Å²) in [6.45, 7) is 6.92. The molecule has 2 aliphatic heterocycles. The van der Waals surface area contributed by atoms with Gasteiger partial charge in [0.2, 0.25) is 0 Å². The first-order chi connectivity index (χ1) is 11.8. The van der Waals surface area contributed by atoms with Crippen LogP contribution in [0.3, 0.4) is 0 Å². The molecule has 1 fully saturated rings. The van der Waals surface area contributed by atoms with Crippen LogP contribution in [-0.2, 0) is 4.74 Å². The van der Waals surface area contributed by atoms with E-state index in [2.05, 4.69) is 44.0 Å². The first-order valence-electron chi connectivity index (χ1n) is 8.96. The highest BCUT2D eigenvalue weighted by molar-refractivity contribution is 5.80. The lowest BCUT2D eigenvalue weighted by Crippen LogP contribution is -2.49. The molecule has 0 aliphatic carbocycles. The number of aliphatic imine (C=N–C) groups is 1.